The van der Waals surface area contributed by atoms with Gasteiger partial charge in [0, 0.05) is 18.7 Å². The van der Waals surface area contributed by atoms with Crippen molar-refractivity contribution in [2.45, 2.75) is 40.4 Å². The highest BCUT2D eigenvalue weighted by Gasteiger charge is 2.08. The lowest BCUT2D eigenvalue weighted by molar-refractivity contribution is 0.0948. The van der Waals surface area contributed by atoms with Crippen LogP contribution in [0.4, 0.5) is 0 Å². The lowest BCUT2D eigenvalue weighted by atomic mass is 10.00. The van der Waals surface area contributed by atoms with E-state index in [1.807, 2.05) is 36.4 Å². The summed E-state index contributed by atoms with van der Waals surface area (Å²) in [5.74, 6) is 0.642. The first-order valence-corrected chi connectivity index (χ1v) is 9.20. The van der Waals surface area contributed by atoms with Crippen LogP contribution in [0.5, 0.6) is 0 Å². The van der Waals surface area contributed by atoms with Crippen LogP contribution in [0.15, 0.2) is 59.2 Å². The number of hydrogen-bond acceptors (Lipinski definition) is 3. The summed E-state index contributed by atoms with van der Waals surface area (Å²) in [6, 6.07) is 15.8. The summed E-state index contributed by atoms with van der Waals surface area (Å²) in [5.41, 5.74) is 7.00. The van der Waals surface area contributed by atoms with Crippen LogP contribution in [-0.2, 0) is 19.6 Å². The SMILES string of the molecule is Cc1cc(C)c(CNCc2cccc(C(=O)NCc3ccco3)c2)c(C)c1. The number of hydrogen-bond donors (Lipinski definition) is 2. The fourth-order valence-electron chi connectivity index (χ4n) is 3.33. The molecule has 3 rings (SSSR count). The number of aryl methyl sites for hydroxylation is 3. The Kier molecular flexibility index (Phi) is 6.09. The minimum Gasteiger partial charge on any atom is -0.467 e. The summed E-state index contributed by atoms with van der Waals surface area (Å²) in [5, 5.41) is 6.37. The molecule has 0 fully saturated rings. The molecule has 1 aromatic heterocycles. The average Bonchev–Trinajstić information content (AvgIpc) is 3.15. The molecule has 0 atom stereocenters. The first kappa shape index (κ1) is 18.9. The summed E-state index contributed by atoms with van der Waals surface area (Å²) in [7, 11) is 0. The molecular formula is C23H26N2O2. The zero-order chi connectivity index (χ0) is 19.2. The molecule has 1 amide bonds. The van der Waals surface area contributed by atoms with Gasteiger partial charge in [0.25, 0.3) is 5.91 Å². The third-order valence-electron chi connectivity index (χ3n) is 4.66. The lowest BCUT2D eigenvalue weighted by Gasteiger charge is -2.13. The van der Waals surface area contributed by atoms with Gasteiger partial charge in [-0.05, 0) is 67.3 Å². The normalized spacial score (nSPS) is 10.8. The van der Waals surface area contributed by atoms with Crippen molar-refractivity contribution in [2.24, 2.45) is 0 Å². The zero-order valence-corrected chi connectivity index (χ0v) is 16.1. The highest BCUT2D eigenvalue weighted by Crippen LogP contribution is 2.16. The van der Waals surface area contributed by atoms with Gasteiger partial charge in [-0.2, -0.15) is 0 Å². The highest BCUT2D eigenvalue weighted by molar-refractivity contribution is 5.94. The van der Waals surface area contributed by atoms with Crippen LogP contribution in [0, 0.1) is 20.8 Å². The summed E-state index contributed by atoms with van der Waals surface area (Å²) >= 11 is 0. The predicted octanol–water partition coefficient (Wildman–Crippen LogP) is 4.42. The molecular weight excluding hydrogens is 336 g/mol. The van der Waals surface area contributed by atoms with E-state index in [9.17, 15) is 4.79 Å². The number of rotatable bonds is 7. The maximum Gasteiger partial charge on any atom is 0.251 e. The molecule has 0 aliphatic rings. The number of furan rings is 1. The second-order valence-corrected chi connectivity index (χ2v) is 6.94. The van der Waals surface area contributed by atoms with E-state index in [1.54, 1.807) is 6.26 Å². The number of nitrogens with one attached hydrogen (secondary N) is 2. The van der Waals surface area contributed by atoms with Crippen molar-refractivity contribution in [3.05, 3.63) is 93.9 Å². The van der Waals surface area contributed by atoms with Crippen molar-refractivity contribution < 1.29 is 9.21 Å². The van der Waals surface area contributed by atoms with Gasteiger partial charge in [0.2, 0.25) is 0 Å². The predicted molar refractivity (Wildman–Crippen MR) is 108 cm³/mol. The molecule has 0 unspecified atom stereocenters. The molecule has 1 heterocycles. The Bertz CT molecular complexity index is 891. The molecule has 0 radical (unpaired) electrons. The highest BCUT2D eigenvalue weighted by atomic mass is 16.3. The molecule has 0 bridgehead atoms. The molecule has 2 aromatic carbocycles. The van der Waals surface area contributed by atoms with Crippen molar-refractivity contribution in [2.75, 3.05) is 0 Å². The summed E-state index contributed by atoms with van der Waals surface area (Å²) < 4.78 is 5.24. The quantitative estimate of drug-likeness (QED) is 0.654. The van der Waals surface area contributed by atoms with E-state index in [2.05, 4.69) is 43.5 Å². The molecule has 3 aromatic rings. The van der Waals surface area contributed by atoms with Crippen LogP contribution in [-0.4, -0.2) is 5.91 Å². The Morgan fingerprint density at radius 3 is 2.41 bits per heavy atom. The number of carbonyl (C=O) groups is 1. The van der Waals surface area contributed by atoms with Crippen molar-refractivity contribution in [1.82, 2.24) is 10.6 Å². The Balaban J connectivity index is 1.57. The average molecular weight is 362 g/mol. The molecule has 4 nitrogen and oxygen atoms in total. The largest absolute Gasteiger partial charge is 0.467 e. The van der Waals surface area contributed by atoms with Gasteiger partial charge in [0.1, 0.15) is 5.76 Å². The topological polar surface area (TPSA) is 54.3 Å². The van der Waals surface area contributed by atoms with Crippen LogP contribution in [0.1, 0.15) is 43.9 Å². The standard InChI is InChI=1S/C23H26N2O2/c1-16-10-17(2)22(18(3)11-16)15-24-13-19-6-4-7-20(12-19)23(26)25-14-21-8-5-9-27-21/h4-12,24H,13-15H2,1-3H3,(H,25,26). The van der Waals surface area contributed by atoms with Gasteiger partial charge in [-0.1, -0.05) is 29.8 Å². The molecule has 140 valence electrons. The number of benzene rings is 2. The lowest BCUT2D eigenvalue weighted by Crippen LogP contribution is -2.23. The van der Waals surface area contributed by atoms with Crippen LogP contribution in [0.2, 0.25) is 0 Å². The molecule has 0 spiro atoms. The summed E-state index contributed by atoms with van der Waals surface area (Å²) in [6.07, 6.45) is 1.60. The van der Waals surface area contributed by atoms with Crippen molar-refractivity contribution >= 4 is 5.91 Å². The zero-order valence-electron chi connectivity index (χ0n) is 16.1. The van der Waals surface area contributed by atoms with Gasteiger partial charge < -0.3 is 15.1 Å². The first-order valence-electron chi connectivity index (χ1n) is 9.20. The van der Waals surface area contributed by atoms with Crippen LogP contribution >= 0.6 is 0 Å². The fourth-order valence-corrected chi connectivity index (χ4v) is 3.33. The number of carbonyl (C=O) groups excluding carboxylic acids is 1. The van der Waals surface area contributed by atoms with E-state index in [-0.39, 0.29) is 5.91 Å². The van der Waals surface area contributed by atoms with Crippen LogP contribution in [0.25, 0.3) is 0 Å². The molecule has 0 aliphatic heterocycles. The smallest absolute Gasteiger partial charge is 0.251 e. The van der Waals surface area contributed by atoms with Crippen molar-refractivity contribution in [1.29, 1.82) is 0 Å². The molecule has 2 N–H and O–H groups in total. The minimum atomic E-state index is -0.0986. The summed E-state index contributed by atoms with van der Waals surface area (Å²) in [6.45, 7) is 8.35. The third-order valence-corrected chi connectivity index (χ3v) is 4.66. The Morgan fingerprint density at radius 1 is 0.926 bits per heavy atom. The van der Waals surface area contributed by atoms with Crippen molar-refractivity contribution in [3.63, 3.8) is 0 Å². The first-order chi connectivity index (χ1) is 13.0. The van der Waals surface area contributed by atoms with Gasteiger partial charge in [-0.3, -0.25) is 4.79 Å². The monoisotopic (exact) mass is 362 g/mol. The van der Waals surface area contributed by atoms with Gasteiger partial charge in [0.15, 0.2) is 0 Å². The van der Waals surface area contributed by atoms with E-state index >= 15 is 0 Å². The van der Waals surface area contributed by atoms with Crippen LogP contribution in [0.3, 0.4) is 0 Å². The molecule has 0 saturated carbocycles. The Hall–Kier alpha value is -2.85. The second-order valence-electron chi connectivity index (χ2n) is 6.94. The van der Waals surface area contributed by atoms with Gasteiger partial charge in [0.05, 0.1) is 12.8 Å². The van der Waals surface area contributed by atoms with E-state index < -0.39 is 0 Å². The second kappa shape index (κ2) is 8.69. The summed E-state index contributed by atoms with van der Waals surface area (Å²) in [4.78, 5) is 12.3. The van der Waals surface area contributed by atoms with Gasteiger partial charge >= 0.3 is 0 Å². The van der Waals surface area contributed by atoms with Crippen LogP contribution < -0.4 is 10.6 Å². The maximum absolute atomic E-state index is 12.3. The molecule has 4 heteroatoms. The maximum atomic E-state index is 12.3. The minimum absolute atomic E-state index is 0.0986. The number of amides is 1. The molecule has 0 aliphatic carbocycles. The third kappa shape index (κ3) is 5.08. The molecule has 0 saturated heterocycles. The Morgan fingerprint density at radius 2 is 1.70 bits per heavy atom. The van der Waals surface area contributed by atoms with Gasteiger partial charge in [-0.25, -0.2) is 0 Å². The van der Waals surface area contributed by atoms with Gasteiger partial charge in [-0.15, -0.1) is 0 Å². The molecule has 27 heavy (non-hydrogen) atoms. The van der Waals surface area contributed by atoms with E-state index in [0.717, 1.165) is 17.9 Å². The Labute approximate surface area is 160 Å². The van der Waals surface area contributed by atoms with E-state index in [4.69, 9.17) is 4.42 Å². The van der Waals surface area contributed by atoms with E-state index in [0.29, 0.717) is 18.7 Å². The fraction of sp³-hybridized carbons (Fsp3) is 0.261. The van der Waals surface area contributed by atoms with Crippen molar-refractivity contribution in [3.8, 4) is 0 Å². The van der Waals surface area contributed by atoms with E-state index in [1.165, 1.54) is 22.3 Å².